The summed E-state index contributed by atoms with van der Waals surface area (Å²) in [4.78, 5) is 11.8. The highest BCUT2D eigenvalue weighted by atomic mass is 32.2. The molecule has 0 aliphatic carbocycles. The van der Waals surface area contributed by atoms with Crippen molar-refractivity contribution in [3.8, 4) is 0 Å². The number of aromatic nitrogens is 1. The van der Waals surface area contributed by atoms with Gasteiger partial charge in [-0.2, -0.15) is 4.31 Å². The lowest BCUT2D eigenvalue weighted by Gasteiger charge is -2.32. The summed E-state index contributed by atoms with van der Waals surface area (Å²) in [6.07, 6.45) is 1.48. The first-order valence-corrected chi connectivity index (χ1v) is 7.93. The van der Waals surface area contributed by atoms with Crippen LogP contribution >= 0.6 is 0 Å². The standard InChI is InChI=1S/C12H20N4O3S/c1-9-7-14-4-5-16(9)20(18,19)10-6-11(12(17)13-2)15(3)8-10/h6,8-9,14H,4-5,7H2,1-3H3,(H,13,17)/t9-/m1/s1. The van der Waals surface area contributed by atoms with E-state index in [4.69, 9.17) is 0 Å². The predicted molar refractivity (Wildman–Crippen MR) is 75.0 cm³/mol. The summed E-state index contributed by atoms with van der Waals surface area (Å²) in [5.74, 6) is -0.303. The first-order chi connectivity index (χ1) is 9.37. The molecule has 0 unspecified atom stereocenters. The highest BCUT2D eigenvalue weighted by Gasteiger charge is 2.32. The van der Waals surface area contributed by atoms with E-state index >= 15 is 0 Å². The second kappa shape index (κ2) is 5.55. The highest BCUT2D eigenvalue weighted by Crippen LogP contribution is 2.21. The van der Waals surface area contributed by atoms with Crippen LogP contribution in [0.2, 0.25) is 0 Å². The molecule has 8 heteroatoms. The summed E-state index contributed by atoms with van der Waals surface area (Å²) in [6.45, 7) is 3.58. The number of nitrogens with zero attached hydrogens (tertiary/aromatic N) is 2. The van der Waals surface area contributed by atoms with Crippen LogP contribution in [0.25, 0.3) is 0 Å². The molecule has 2 N–H and O–H groups in total. The fourth-order valence-electron chi connectivity index (χ4n) is 2.34. The lowest BCUT2D eigenvalue weighted by Crippen LogP contribution is -2.52. The molecule has 0 saturated carbocycles. The maximum atomic E-state index is 12.6. The van der Waals surface area contributed by atoms with Gasteiger partial charge < -0.3 is 15.2 Å². The summed E-state index contributed by atoms with van der Waals surface area (Å²) in [5.41, 5.74) is 0.328. The van der Waals surface area contributed by atoms with Gasteiger partial charge in [-0.15, -0.1) is 0 Å². The molecule has 1 fully saturated rings. The Balaban J connectivity index is 2.37. The van der Waals surface area contributed by atoms with Crippen LogP contribution < -0.4 is 10.6 Å². The molecule has 1 atom stereocenters. The minimum Gasteiger partial charge on any atom is -0.354 e. The van der Waals surface area contributed by atoms with E-state index in [0.717, 1.165) is 0 Å². The summed E-state index contributed by atoms with van der Waals surface area (Å²) in [7, 11) is -0.389. The van der Waals surface area contributed by atoms with Crippen molar-refractivity contribution in [2.45, 2.75) is 17.9 Å². The van der Waals surface area contributed by atoms with Crippen molar-refractivity contribution in [3.63, 3.8) is 0 Å². The minimum atomic E-state index is -3.56. The molecule has 2 heterocycles. The second-order valence-electron chi connectivity index (χ2n) is 4.92. The van der Waals surface area contributed by atoms with Crippen LogP contribution in [0.4, 0.5) is 0 Å². The number of hydrogen-bond acceptors (Lipinski definition) is 4. The van der Waals surface area contributed by atoms with Crippen LogP contribution in [-0.2, 0) is 17.1 Å². The molecule has 1 aromatic heterocycles. The normalized spacial score (nSPS) is 20.9. The van der Waals surface area contributed by atoms with Crippen LogP contribution in [0.1, 0.15) is 17.4 Å². The summed E-state index contributed by atoms with van der Waals surface area (Å²) in [6, 6.07) is 1.32. The highest BCUT2D eigenvalue weighted by molar-refractivity contribution is 7.89. The maximum absolute atomic E-state index is 12.6. The summed E-state index contributed by atoms with van der Waals surface area (Å²) in [5, 5.41) is 5.65. The molecule has 7 nitrogen and oxygen atoms in total. The minimum absolute atomic E-state index is 0.0996. The van der Waals surface area contributed by atoms with Gasteiger partial charge in [0.05, 0.1) is 0 Å². The van der Waals surface area contributed by atoms with E-state index in [1.54, 1.807) is 7.05 Å². The number of carbonyl (C=O) groups excluding carboxylic acids is 1. The number of aryl methyl sites for hydroxylation is 1. The summed E-state index contributed by atoms with van der Waals surface area (Å²) >= 11 is 0. The van der Waals surface area contributed by atoms with E-state index in [1.165, 1.54) is 28.2 Å². The van der Waals surface area contributed by atoms with Crippen LogP contribution in [0.15, 0.2) is 17.2 Å². The molecule has 112 valence electrons. The van der Waals surface area contributed by atoms with Crippen molar-refractivity contribution < 1.29 is 13.2 Å². The summed E-state index contributed by atoms with van der Waals surface area (Å²) < 4.78 is 28.3. The molecule has 0 spiro atoms. The third-order valence-electron chi connectivity index (χ3n) is 3.49. The number of nitrogens with one attached hydrogen (secondary N) is 2. The largest absolute Gasteiger partial charge is 0.354 e. The number of piperazine rings is 1. The Morgan fingerprint density at radius 2 is 2.20 bits per heavy atom. The number of rotatable bonds is 3. The molecule has 1 aromatic rings. The average Bonchev–Trinajstić information content (AvgIpc) is 2.81. The Hall–Kier alpha value is -1.38. The first kappa shape index (κ1) is 15.0. The monoisotopic (exact) mass is 300 g/mol. The third kappa shape index (κ3) is 2.58. The molecule has 0 aromatic carbocycles. The van der Waals surface area contributed by atoms with Crippen molar-refractivity contribution in [1.29, 1.82) is 0 Å². The van der Waals surface area contributed by atoms with Crippen molar-refractivity contribution >= 4 is 15.9 Å². The first-order valence-electron chi connectivity index (χ1n) is 6.49. The Morgan fingerprint density at radius 1 is 1.50 bits per heavy atom. The van der Waals surface area contributed by atoms with E-state index in [1.807, 2.05) is 6.92 Å². The molecular weight excluding hydrogens is 280 g/mol. The molecule has 1 amide bonds. The van der Waals surface area contributed by atoms with E-state index < -0.39 is 10.0 Å². The van der Waals surface area contributed by atoms with Gasteiger partial charge in [0, 0.05) is 46.0 Å². The van der Waals surface area contributed by atoms with E-state index in [0.29, 0.717) is 25.3 Å². The number of amides is 1. The number of hydrogen-bond donors (Lipinski definition) is 2. The lowest BCUT2D eigenvalue weighted by atomic mass is 10.3. The Kier molecular flexibility index (Phi) is 4.17. The number of sulfonamides is 1. The van der Waals surface area contributed by atoms with E-state index in [2.05, 4.69) is 10.6 Å². The van der Waals surface area contributed by atoms with Crippen molar-refractivity contribution in [2.75, 3.05) is 26.7 Å². The van der Waals surface area contributed by atoms with Gasteiger partial charge in [0.2, 0.25) is 10.0 Å². The second-order valence-corrected chi connectivity index (χ2v) is 6.81. The quantitative estimate of drug-likeness (QED) is 0.778. The third-order valence-corrected chi connectivity index (χ3v) is 5.47. The Morgan fingerprint density at radius 3 is 2.80 bits per heavy atom. The molecule has 2 rings (SSSR count). The van der Waals surface area contributed by atoms with Crippen molar-refractivity contribution in [1.82, 2.24) is 19.5 Å². The topological polar surface area (TPSA) is 83.4 Å². The van der Waals surface area contributed by atoms with Gasteiger partial charge in [0.15, 0.2) is 0 Å². The Labute approximate surface area is 119 Å². The van der Waals surface area contributed by atoms with E-state index in [-0.39, 0.29) is 16.8 Å². The van der Waals surface area contributed by atoms with Crippen LogP contribution in [0.5, 0.6) is 0 Å². The lowest BCUT2D eigenvalue weighted by molar-refractivity contribution is 0.0955. The van der Waals surface area contributed by atoms with Crippen molar-refractivity contribution in [2.24, 2.45) is 7.05 Å². The number of carbonyl (C=O) groups is 1. The predicted octanol–water partition coefficient (Wildman–Crippen LogP) is -0.633. The smallest absolute Gasteiger partial charge is 0.267 e. The van der Waals surface area contributed by atoms with E-state index in [9.17, 15) is 13.2 Å². The molecule has 1 aliphatic rings. The maximum Gasteiger partial charge on any atom is 0.267 e. The van der Waals surface area contributed by atoms with Crippen LogP contribution in [0.3, 0.4) is 0 Å². The van der Waals surface area contributed by atoms with Crippen LogP contribution in [-0.4, -0.2) is 55.9 Å². The molecule has 1 saturated heterocycles. The molecule has 0 radical (unpaired) electrons. The SMILES string of the molecule is CNC(=O)c1cc(S(=O)(=O)N2CCNC[C@H]2C)cn1C. The fraction of sp³-hybridized carbons (Fsp3) is 0.583. The Bertz CT molecular complexity index is 608. The molecular formula is C12H20N4O3S. The van der Waals surface area contributed by atoms with Gasteiger partial charge in [0.25, 0.3) is 5.91 Å². The molecule has 1 aliphatic heterocycles. The van der Waals surface area contributed by atoms with Crippen LogP contribution in [0, 0.1) is 0 Å². The van der Waals surface area contributed by atoms with Gasteiger partial charge in [-0.05, 0) is 13.0 Å². The van der Waals surface area contributed by atoms with Gasteiger partial charge in [-0.1, -0.05) is 0 Å². The van der Waals surface area contributed by atoms with Crippen molar-refractivity contribution in [3.05, 3.63) is 18.0 Å². The molecule has 20 heavy (non-hydrogen) atoms. The van der Waals surface area contributed by atoms with Gasteiger partial charge in [0.1, 0.15) is 10.6 Å². The van der Waals surface area contributed by atoms with Gasteiger partial charge in [-0.3, -0.25) is 4.79 Å². The fourth-order valence-corrected chi connectivity index (χ4v) is 4.05. The zero-order valence-corrected chi connectivity index (χ0v) is 12.7. The van der Waals surface area contributed by atoms with Gasteiger partial charge >= 0.3 is 0 Å². The zero-order chi connectivity index (χ0) is 14.9. The van der Waals surface area contributed by atoms with Gasteiger partial charge in [-0.25, -0.2) is 8.42 Å². The zero-order valence-electron chi connectivity index (χ0n) is 11.9. The average molecular weight is 300 g/mol. The molecule has 0 bridgehead atoms.